The van der Waals surface area contributed by atoms with Crippen LogP contribution in [-0.4, -0.2) is 41.2 Å². The average molecular weight is 277 g/mol. The molecule has 0 saturated carbocycles. The predicted octanol–water partition coefficient (Wildman–Crippen LogP) is 2.73. The first-order chi connectivity index (χ1) is 9.47. The molecule has 1 fully saturated rings. The summed E-state index contributed by atoms with van der Waals surface area (Å²) < 4.78 is 5.77. The lowest BCUT2D eigenvalue weighted by Crippen LogP contribution is -2.50. The molecule has 1 aromatic rings. The molecule has 0 aromatic carbocycles. The quantitative estimate of drug-likeness (QED) is 0.904. The predicted molar refractivity (Wildman–Crippen MR) is 78.9 cm³/mol. The fraction of sp³-hybridized carbons (Fsp3) is 0.600. The van der Waals surface area contributed by atoms with Crippen LogP contribution in [0.5, 0.6) is 0 Å². The van der Waals surface area contributed by atoms with E-state index in [-0.39, 0.29) is 18.2 Å². The summed E-state index contributed by atoms with van der Waals surface area (Å²) in [5, 5.41) is 2.88. The number of urea groups is 1. The standard InChI is InChI=1S/C15H23N3O2/c1-5-13-9-18(8-12(4)20-13)15(19)17-14-7-10(2)6-11(3)16-14/h6-7,12-13H,5,8-9H2,1-4H3,(H,16,17,19)/t12-,13+/m1/s1. The highest BCUT2D eigenvalue weighted by atomic mass is 16.5. The van der Waals surface area contributed by atoms with Crippen molar-refractivity contribution in [2.24, 2.45) is 0 Å². The molecule has 1 saturated heterocycles. The summed E-state index contributed by atoms with van der Waals surface area (Å²) in [7, 11) is 0. The minimum atomic E-state index is -0.101. The van der Waals surface area contributed by atoms with Gasteiger partial charge in [-0.05, 0) is 44.9 Å². The van der Waals surface area contributed by atoms with Crippen LogP contribution >= 0.6 is 0 Å². The van der Waals surface area contributed by atoms with Crippen LogP contribution < -0.4 is 5.32 Å². The maximum absolute atomic E-state index is 12.3. The normalized spacial score (nSPS) is 22.7. The molecule has 5 heteroatoms. The first-order valence-corrected chi connectivity index (χ1v) is 7.14. The number of hydrogen-bond acceptors (Lipinski definition) is 3. The maximum Gasteiger partial charge on any atom is 0.323 e. The summed E-state index contributed by atoms with van der Waals surface area (Å²) in [6.07, 6.45) is 1.11. The second kappa shape index (κ2) is 6.22. The van der Waals surface area contributed by atoms with Gasteiger partial charge in [0.1, 0.15) is 5.82 Å². The largest absolute Gasteiger partial charge is 0.372 e. The summed E-state index contributed by atoms with van der Waals surface area (Å²) >= 11 is 0. The lowest BCUT2D eigenvalue weighted by molar-refractivity contribution is -0.0632. The van der Waals surface area contributed by atoms with Gasteiger partial charge in [0.15, 0.2) is 0 Å². The number of hydrogen-bond donors (Lipinski definition) is 1. The van der Waals surface area contributed by atoms with Crippen LogP contribution in [0.25, 0.3) is 0 Å². The number of anilines is 1. The van der Waals surface area contributed by atoms with Gasteiger partial charge >= 0.3 is 6.03 Å². The zero-order chi connectivity index (χ0) is 14.7. The highest BCUT2D eigenvalue weighted by Crippen LogP contribution is 2.15. The van der Waals surface area contributed by atoms with Crippen molar-refractivity contribution in [1.29, 1.82) is 0 Å². The number of amides is 2. The number of nitrogens with one attached hydrogen (secondary N) is 1. The minimum absolute atomic E-state index is 0.0756. The Balaban J connectivity index is 2.03. The van der Waals surface area contributed by atoms with E-state index in [0.717, 1.165) is 17.7 Å². The van der Waals surface area contributed by atoms with Crippen LogP contribution in [0, 0.1) is 13.8 Å². The molecule has 2 rings (SSSR count). The number of rotatable bonds is 2. The third-order valence-electron chi connectivity index (χ3n) is 3.40. The van der Waals surface area contributed by atoms with Crippen molar-refractivity contribution in [3.05, 3.63) is 23.4 Å². The molecule has 0 radical (unpaired) electrons. The Hall–Kier alpha value is -1.62. The van der Waals surface area contributed by atoms with Crippen molar-refractivity contribution >= 4 is 11.8 Å². The van der Waals surface area contributed by atoms with Gasteiger partial charge in [-0.3, -0.25) is 5.32 Å². The Labute approximate surface area is 120 Å². The fourth-order valence-electron chi connectivity index (χ4n) is 2.53. The number of pyridine rings is 1. The highest BCUT2D eigenvalue weighted by molar-refractivity contribution is 5.88. The molecule has 0 spiro atoms. The first kappa shape index (κ1) is 14.8. The molecular formula is C15H23N3O2. The van der Waals surface area contributed by atoms with Gasteiger partial charge in [0.25, 0.3) is 0 Å². The van der Waals surface area contributed by atoms with E-state index >= 15 is 0 Å². The Morgan fingerprint density at radius 2 is 2.20 bits per heavy atom. The van der Waals surface area contributed by atoms with Crippen molar-refractivity contribution < 1.29 is 9.53 Å². The number of aromatic nitrogens is 1. The summed E-state index contributed by atoms with van der Waals surface area (Å²) in [6.45, 7) is 9.24. The number of morpholine rings is 1. The molecule has 1 aliphatic heterocycles. The van der Waals surface area contributed by atoms with E-state index in [1.165, 1.54) is 0 Å². The van der Waals surface area contributed by atoms with E-state index in [9.17, 15) is 4.79 Å². The van der Waals surface area contributed by atoms with E-state index in [2.05, 4.69) is 17.2 Å². The van der Waals surface area contributed by atoms with Gasteiger partial charge in [-0.1, -0.05) is 6.92 Å². The lowest BCUT2D eigenvalue weighted by atomic mass is 10.2. The van der Waals surface area contributed by atoms with Crippen molar-refractivity contribution in [3.63, 3.8) is 0 Å². The molecule has 110 valence electrons. The molecule has 0 unspecified atom stereocenters. The van der Waals surface area contributed by atoms with Crippen LogP contribution in [-0.2, 0) is 4.74 Å². The summed E-state index contributed by atoms with van der Waals surface area (Å²) in [5.74, 6) is 0.611. The van der Waals surface area contributed by atoms with Crippen LogP contribution in [0.1, 0.15) is 31.5 Å². The fourth-order valence-corrected chi connectivity index (χ4v) is 2.53. The van der Waals surface area contributed by atoms with Crippen LogP contribution in [0.15, 0.2) is 12.1 Å². The number of nitrogens with zero attached hydrogens (tertiary/aromatic N) is 2. The molecule has 5 nitrogen and oxygen atoms in total. The van der Waals surface area contributed by atoms with Crippen molar-refractivity contribution in [1.82, 2.24) is 9.88 Å². The Morgan fingerprint density at radius 3 is 2.85 bits per heavy atom. The third kappa shape index (κ3) is 3.70. The molecule has 1 N–H and O–H groups in total. The van der Waals surface area contributed by atoms with Crippen molar-refractivity contribution in [3.8, 4) is 0 Å². The summed E-state index contributed by atoms with van der Waals surface area (Å²) in [6, 6.07) is 3.77. The van der Waals surface area contributed by atoms with E-state index in [0.29, 0.717) is 18.9 Å². The molecule has 2 heterocycles. The number of carbonyl (C=O) groups is 1. The highest BCUT2D eigenvalue weighted by Gasteiger charge is 2.27. The number of carbonyl (C=O) groups excluding carboxylic acids is 1. The van der Waals surface area contributed by atoms with Gasteiger partial charge in [-0.15, -0.1) is 0 Å². The molecule has 2 amide bonds. The Bertz CT molecular complexity index is 470. The molecule has 0 bridgehead atoms. The lowest BCUT2D eigenvalue weighted by Gasteiger charge is -2.36. The summed E-state index contributed by atoms with van der Waals surface area (Å²) in [4.78, 5) is 18.5. The van der Waals surface area contributed by atoms with Gasteiger partial charge in [0, 0.05) is 18.8 Å². The summed E-state index contributed by atoms with van der Waals surface area (Å²) in [5.41, 5.74) is 2.00. The van der Waals surface area contributed by atoms with Gasteiger partial charge < -0.3 is 9.64 Å². The van der Waals surface area contributed by atoms with E-state index in [4.69, 9.17) is 4.74 Å². The van der Waals surface area contributed by atoms with Crippen molar-refractivity contribution in [2.75, 3.05) is 18.4 Å². The molecule has 2 atom stereocenters. The smallest absolute Gasteiger partial charge is 0.323 e. The Kier molecular flexibility index (Phi) is 4.60. The SMILES string of the molecule is CC[C@H]1CN(C(=O)Nc2cc(C)cc(C)n2)C[C@@H](C)O1. The van der Waals surface area contributed by atoms with E-state index in [1.807, 2.05) is 37.8 Å². The molecule has 20 heavy (non-hydrogen) atoms. The van der Waals surface area contributed by atoms with E-state index < -0.39 is 0 Å². The van der Waals surface area contributed by atoms with Gasteiger partial charge in [0.05, 0.1) is 12.2 Å². The molecule has 1 aromatic heterocycles. The van der Waals surface area contributed by atoms with Crippen LogP contribution in [0.2, 0.25) is 0 Å². The zero-order valence-electron chi connectivity index (χ0n) is 12.6. The molecular weight excluding hydrogens is 254 g/mol. The maximum atomic E-state index is 12.3. The molecule has 0 aliphatic carbocycles. The van der Waals surface area contributed by atoms with Crippen LogP contribution in [0.3, 0.4) is 0 Å². The zero-order valence-corrected chi connectivity index (χ0v) is 12.6. The second-order valence-electron chi connectivity index (χ2n) is 5.48. The number of aryl methyl sites for hydroxylation is 2. The van der Waals surface area contributed by atoms with Crippen molar-refractivity contribution in [2.45, 2.75) is 46.3 Å². The van der Waals surface area contributed by atoms with E-state index in [1.54, 1.807) is 0 Å². The minimum Gasteiger partial charge on any atom is -0.372 e. The second-order valence-corrected chi connectivity index (χ2v) is 5.48. The number of ether oxygens (including phenoxy) is 1. The van der Waals surface area contributed by atoms with Gasteiger partial charge in [0.2, 0.25) is 0 Å². The monoisotopic (exact) mass is 277 g/mol. The van der Waals surface area contributed by atoms with Gasteiger partial charge in [-0.25, -0.2) is 9.78 Å². The van der Waals surface area contributed by atoms with Crippen LogP contribution in [0.4, 0.5) is 10.6 Å². The average Bonchev–Trinajstić information content (AvgIpc) is 2.36. The van der Waals surface area contributed by atoms with Gasteiger partial charge in [-0.2, -0.15) is 0 Å². The topological polar surface area (TPSA) is 54.5 Å². The Morgan fingerprint density at radius 1 is 1.45 bits per heavy atom. The third-order valence-corrected chi connectivity index (χ3v) is 3.40. The first-order valence-electron chi connectivity index (χ1n) is 7.14. The molecule has 1 aliphatic rings.